The van der Waals surface area contributed by atoms with Crippen LogP contribution in [0.5, 0.6) is 0 Å². The Morgan fingerprint density at radius 1 is 1.08 bits per heavy atom. The van der Waals surface area contributed by atoms with Gasteiger partial charge in [-0.3, -0.25) is 19.4 Å². The Labute approximate surface area is 289 Å². The molecule has 0 aliphatic carbocycles. The molecule has 2 amide bonds. The number of hydrogen-bond acceptors (Lipinski definition) is 9. The fourth-order valence-corrected chi connectivity index (χ4v) is 8.94. The summed E-state index contributed by atoms with van der Waals surface area (Å²) in [5.41, 5.74) is 0.662. The molecule has 14 nitrogen and oxygen atoms in total. The van der Waals surface area contributed by atoms with Gasteiger partial charge in [0.1, 0.15) is 5.56 Å². The third kappa shape index (κ3) is 8.12. The summed E-state index contributed by atoms with van der Waals surface area (Å²) >= 11 is 0. The number of aliphatic hydroxyl groups is 1. The zero-order valence-corrected chi connectivity index (χ0v) is 30.4. The highest BCUT2D eigenvalue weighted by atomic mass is 32.2. The van der Waals surface area contributed by atoms with Gasteiger partial charge in [-0.15, -0.1) is 0 Å². The van der Waals surface area contributed by atoms with Crippen molar-refractivity contribution in [2.75, 3.05) is 67.5 Å². The lowest BCUT2D eigenvalue weighted by Gasteiger charge is -2.40. The molecule has 3 fully saturated rings. The molecule has 3 saturated heterocycles. The molecule has 2 N–H and O–H groups in total. The molecule has 0 saturated carbocycles. The van der Waals surface area contributed by atoms with E-state index in [-0.39, 0.29) is 53.8 Å². The van der Waals surface area contributed by atoms with Crippen molar-refractivity contribution in [3.8, 4) is 0 Å². The number of carbonyl (C=O) groups excluding carboxylic acids is 2. The largest absolute Gasteiger partial charge is 0.453 e. The second-order valence-corrected chi connectivity index (χ2v) is 16.4. The number of nitrogens with zero attached hydrogens (tertiary/aromatic N) is 6. The van der Waals surface area contributed by atoms with Crippen molar-refractivity contribution in [2.45, 2.75) is 82.3 Å². The molecule has 0 radical (unpaired) electrons. The highest BCUT2D eigenvalue weighted by Gasteiger charge is 2.42. The molecule has 5 atom stereocenters. The van der Waals surface area contributed by atoms with Crippen molar-refractivity contribution in [1.29, 1.82) is 0 Å². The maximum absolute atomic E-state index is 13.5. The standard InChI is InChI=1S/C34H53N7O7S/c1-23(2)41-31-10-8-7-9-24(31)17-30(33(41)44)32(43)35-25-18-26-11-12-27(19-25)40(26)22-29(42)21-39(34(45)48-6)16-15-38-14-13-28(20-38)37(5)49(46,47)36(3)4/h7-10,17,23,25-29,42H,11-16,18-22H2,1-6H3,(H,35,43)/t25?,26-,27+,28?,29?. The Morgan fingerprint density at radius 2 is 1.76 bits per heavy atom. The quantitative estimate of drug-likeness (QED) is 0.317. The number of methoxy groups -OCH3 is 1. The van der Waals surface area contributed by atoms with E-state index in [2.05, 4.69) is 15.1 Å². The van der Waals surface area contributed by atoms with Gasteiger partial charge in [0.05, 0.1) is 25.3 Å². The van der Waals surface area contributed by atoms with Gasteiger partial charge in [0.25, 0.3) is 21.7 Å². The summed E-state index contributed by atoms with van der Waals surface area (Å²) in [6.45, 7) is 6.52. The number of fused-ring (bicyclic) bond motifs is 3. The molecule has 4 heterocycles. The first-order chi connectivity index (χ1) is 23.2. The van der Waals surface area contributed by atoms with E-state index >= 15 is 0 Å². The van der Waals surface area contributed by atoms with E-state index in [9.17, 15) is 27.9 Å². The summed E-state index contributed by atoms with van der Waals surface area (Å²) < 4.78 is 34.4. The molecule has 3 aliphatic heterocycles. The molecule has 1 aromatic heterocycles. The Hall–Kier alpha value is -3.08. The molecule has 3 unspecified atom stereocenters. The summed E-state index contributed by atoms with van der Waals surface area (Å²) in [7, 11) is 2.43. The Morgan fingerprint density at radius 3 is 2.39 bits per heavy atom. The van der Waals surface area contributed by atoms with Gasteiger partial charge in [-0.1, -0.05) is 18.2 Å². The van der Waals surface area contributed by atoms with Crippen LogP contribution in [-0.4, -0.2) is 151 Å². The van der Waals surface area contributed by atoms with E-state index in [0.29, 0.717) is 39.1 Å². The van der Waals surface area contributed by atoms with Crippen LogP contribution in [0.4, 0.5) is 4.79 Å². The second-order valence-electron chi connectivity index (χ2n) is 14.2. The van der Waals surface area contributed by atoms with E-state index in [1.807, 2.05) is 38.1 Å². The van der Waals surface area contributed by atoms with Gasteiger partial charge in [-0.2, -0.15) is 17.0 Å². The molecule has 1 aromatic carbocycles. The number of likely N-dealkylation sites (N-methyl/N-ethyl adjacent to an activating group) is 1. The number of piperidine rings is 1. The predicted molar refractivity (Wildman–Crippen MR) is 188 cm³/mol. The Balaban J connectivity index is 1.15. The number of carbonyl (C=O) groups is 2. The van der Waals surface area contributed by atoms with E-state index < -0.39 is 22.4 Å². The highest BCUT2D eigenvalue weighted by Crippen LogP contribution is 2.36. The van der Waals surface area contributed by atoms with Crippen LogP contribution in [0, 0.1) is 0 Å². The van der Waals surface area contributed by atoms with Crippen LogP contribution in [0.2, 0.25) is 0 Å². The third-order valence-electron chi connectivity index (χ3n) is 10.5. The van der Waals surface area contributed by atoms with Gasteiger partial charge >= 0.3 is 6.09 Å². The van der Waals surface area contributed by atoms with Gasteiger partial charge in [-0.25, -0.2) is 4.79 Å². The van der Waals surface area contributed by atoms with E-state index in [4.69, 9.17) is 4.74 Å². The molecule has 5 rings (SSSR count). The van der Waals surface area contributed by atoms with E-state index in [0.717, 1.165) is 36.6 Å². The number of aromatic nitrogens is 1. The SMILES string of the molecule is COC(=O)N(CCN1CCC(N(C)S(=O)(=O)N(C)C)C1)CC(O)CN1[C@@H]2CC[C@H]1CC(NC(=O)c1cc3ccccc3n(C(C)C)c1=O)C2. The number of ether oxygens (including phenoxy) is 1. The summed E-state index contributed by atoms with van der Waals surface area (Å²) in [6, 6.07) is 9.30. The lowest BCUT2D eigenvalue weighted by Crippen LogP contribution is -2.54. The zero-order chi connectivity index (χ0) is 35.6. The molecule has 2 bridgehead atoms. The average Bonchev–Trinajstić information content (AvgIpc) is 3.62. The fourth-order valence-electron chi connectivity index (χ4n) is 7.88. The minimum Gasteiger partial charge on any atom is -0.453 e. The summed E-state index contributed by atoms with van der Waals surface area (Å²) in [5, 5.41) is 15.2. The van der Waals surface area contributed by atoms with Gasteiger partial charge < -0.3 is 24.6 Å². The van der Waals surface area contributed by atoms with Crippen molar-refractivity contribution >= 4 is 33.1 Å². The number of benzene rings is 1. The number of pyridine rings is 1. The van der Waals surface area contributed by atoms with Gasteiger partial charge in [-0.05, 0) is 70.0 Å². The minimum atomic E-state index is -3.52. The van der Waals surface area contributed by atoms with Crippen molar-refractivity contribution in [3.63, 3.8) is 0 Å². The van der Waals surface area contributed by atoms with Crippen LogP contribution < -0.4 is 10.9 Å². The number of hydrogen-bond donors (Lipinski definition) is 2. The minimum absolute atomic E-state index is 0.0839. The summed E-state index contributed by atoms with van der Waals surface area (Å²) in [5.74, 6) is -0.355. The van der Waals surface area contributed by atoms with Gasteiger partial charge in [0.15, 0.2) is 0 Å². The molecule has 272 valence electrons. The molecule has 0 spiro atoms. The summed E-state index contributed by atoms with van der Waals surface area (Å²) in [6.07, 6.45) is 2.72. The fraction of sp³-hybridized carbons (Fsp3) is 0.676. The lowest BCUT2D eigenvalue weighted by atomic mass is 9.96. The molecule has 3 aliphatic rings. The zero-order valence-electron chi connectivity index (χ0n) is 29.6. The summed E-state index contributed by atoms with van der Waals surface area (Å²) in [4.78, 5) is 45.5. The number of aliphatic hydroxyl groups excluding tert-OH is 1. The molecular formula is C34H53N7O7S. The second kappa shape index (κ2) is 15.4. The molecule has 15 heteroatoms. The molecule has 2 aromatic rings. The lowest BCUT2D eigenvalue weighted by molar-refractivity contribution is 0.0301. The van der Waals surface area contributed by atoms with Crippen molar-refractivity contribution in [2.24, 2.45) is 0 Å². The van der Waals surface area contributed by atoms with Crippen molar-refractivity contribution in [1.82, 2.24) is 33.2 Å². The van der Waals surface area contributed by atoms with E-state index in [1.165, 1.54) is 34.7 Å². The first-order valence-electron chi connectivity index (χ1n) is 17.3. The van der Waals surface area contributed by atoms with Crippen molar-refractivity contribution < 1.29 is 27.9 Å². The highest BCUT2D eigenvalue weighted by molar-refractivity contribution is 7.86. The van der Waals surface area contributed by atoms with Crippen LogP contribution in [0.3, 0.4) is 0 Å². The maximum Gasteiger partial charge on any atom is 0.409 e. The van der Waals surface area contributed by atoms with Gasteiger partial charge in [0, 0.05) is 77.5 Å². The smallest absolute Gasteiger partial charge is 0.409 e. The molecule has 49 heavy (non-hydrogen) atoms. The monoisotopic (exact) mass is 703 g/mol. The topological polar surface area (TPSA) is 148 Å². The van der Waals surface area contributed by atoms with Crippen LogP contribution in [-0.2, 0) is 14.9 Å². The van der Waals surface area contributed by atoms with Crippen LogP contribution in [0.15, 0.2) is 35.1 Å². The number of amides is 2. The van der Waals surface area contributed by atoms with E-state index in [1.54, 1.807) is 17.7 Å². The average molecular weight is 704 g/mol. The first kappa shape index (κ1) is 37.2. The molecular weight excluding hydrogens is 650 g/mol. The van der Waals surface area contributed by atoms with Crippen molar-refractivity contribution in [3.05, 3.63) is 46.2 Å². The Bertz CT molecular complexity index is 1650. The number of rotatable bonds is 13. The van der Waals surface area contributed by atoms with Crippen LogP contribution >= 0.6 is 0 Å². The third-order valence-corrected chi connectivity index (χ3v) is 12.4. The maximum atomic E-state index is 13.5. The predicted octanol–water partition coefficient (Wildman–Crippen LogP) is 1.55. The van der Waals surface area contributed by atoms with Crippen LogP contribution in [0.25, 0.3) is 10.9 Å². The number of likely N-dealkylation sites (tertiary alicyclic amines) is 1. The first-order valence-corrected chi connectivity index (χ1v) is 18.7. The Kier molecular flexibility index (Phi) is 11.7. The normalized spacial score (nSPS) is 23.9. The number of para-hydroxylation sites is 1. The van der Waals surface area contributed by atoms with Crippen LogP contribution in [0.1, 0.15) is 62.4 Å². The van der Waals surface area contributed by atoms with Gasteiger partial charge in [0.2, 0.25) is 0 Å². The number of nitrogens with one attached hydrogen (secondary N) is 1.